The Balaban J connectivity index is 1.56. The topological polar surface area (TPSA) is 114 Å². The number of aromatic amines is 1. The van der Waals surface area contributed by atoms with Crippen LogP contribution in [0.15, 0.2) is 54.6 Å². The summed E-state index contributed by atoms with van der Waals surface area (Å²) in [5, 5.41) is 21.0. The van der Waals surface area contributed by atoms with E-state index in [1.54, 1.807) is 55.7 Å². The van der Waals surface area contributed by atoms with Crippen molar-refractivity contribution in [1.82, 2.24) is 9.97 Å². The summed E-state index contributed by atoms with van der Waals surface area (Å²) in [5.41, 5.74) is 3.03. The Bertz CT molecular complexity index is 1430. The fourth-order valence-electron chi connectivity index (χ4n) is 3.23. The highest BCUT2D eigenvalue weighted by molar-refractivity contribution is 6.37. The van der Waals surface area contributed by atoms with Crippen LogP contribution in [0, 0.1) is 21.4 Å². The standard InChI is InChI=1S/C24H16Cl2N4O4/c1-33-18-6-7-21-22(11-18)29-24(28-21)16(12-27)8-15-9-19(25)23(20(26)10-15)34-13-14-2-4-17(5-3-14)30(31)32/h2-11H,13H2,1H3,(H,28,29). The van der Waals surface area contributed by atoms with Crippen molar-refractivity contribution in [2.45, 2.75) is 6.61 Å². The van der Waals surface area contributed by atoms with Gasteiger partial charge >= 0.3 is 0 Å². The highest BCUT2D eigenvalue weighted by Gasteiger charge is 2.13. The summed E-state index contributed by atoms with van der Waals surface area (Å²) in [4.78, 5) is 17.9. The van der Waals surface area contributed by atoms with Gasteiger partial charge in [-0.1, -0.05) is 23.2 Å². The molecule has 0 fully saturated rings. The molecule has 0 aliphatic carbocycles. The van der Waals surface area contributed by atoms with Gasteiger partial charge in [0.25, 0.3) is 5.69 Å². The smallest absolute Gasteiger partial charge is 0.269 e. The Kier molecular flexibility index (Phi) is 6.68. The summed E-state index contributed by atoms with van der Waals surface area (Å²) < 4.78 is 11.0. The fourth-order valence-corrected chi connectivity index (χ4v) is 3.85. The first-order valence-corrected chi connectivity index (χ1v) is 10.6. The number of ether oxygens (including phenoxy) is 2. The van der Waals surface area contributed by atoms with E-state index in [2.05, 4.69) is 16.0 Å². The van der Waals surface area contributed by atoms with Crippen molar-refractivity contribution in [3.63, 3.8) is 0 Å². The number of hydrogen-bond acceptors (Lipinski definition) is 6. The lowest BCUT2D eigenvalue weighted by Crippen LogP contribution is -1.98. The number of nitrogens with zero attached hydrogens (tertiary/aromatic N) is 3. The van der Waals surface area contributed by atoms with Crippen LogP contribution in [0.25, 0.3) is 22.7 Å². The van der Waals surface area contributed by atoms with Gasteiger partial charge < -0.3 is 14.5 Å². The maximum absolute atomic E-state index is 10.8. The summed E-state index contributed by atoms with van der Waals surface area (Å²) in [6, 6.07) is 16.8. The predicted molar refractivity (Wildman–Crippen MR) is 130 cm³/mol. The number of aromatic nitrogens is 2. The molecule has 1 N–H and O–H groups in total. The molecule has 0 bridgehead atoms. The van der Waals surface area contributed by atoms with E-state index in [9.17, 15) is 15.4 Å². The van der Waals surface area contributed by atoms with Gasteiger partial charge in [0.15, 0.2) is 5.75 Å². The number of halogens is 2. The van der Waals surface area contributed by atoms with Gasteiger partial charge in [-0.05, 0) is 53.6 Å². The summed E-state index contributed by atoms with van der Waals surface area (Å²) >= 11 is 12.8. The average molecular weight is 495 g/mol. The third-order valence-electron chi connectivity index (χ3n) is 4.93. The van der Waals surface area contributed by atoms with E-state index in [0.717, 1.165) is 11.1 Å². The zero-order valence-corrected chi connectivity index (χ0v) is 19.2. The lowest BCUT2D eigenvalue weighted by Gasteiger charge is -2.11. The molecule has 10 heteroatoms. The van der Waals surface area contributed by atoms with Gasteiger partial charge in [-0.3, -0.25) is 10.1 Å². The summed E-state index contributed by atoms with van der Waals surface area (Å²) in [6.45, 7) is 0.124. The number of H-pyrrole nitrogens is 1. The number of nitrogens with one attached hydrogen (secondary N) is 1. The molecule has 4 rings (SSSR count). The molecule has 0 spiro atoms. The van der Waals surface area contributed by atoms with Crippen LogP contribution >= 0.6 is 23.2 Å². The van der Waals surface area contributed by atoms with E-state index >= 15 is 0 Å². The molecule has 0 saturated carbocycles. The van der Waals surface area contributed by atoms with Gasteiger partial charge in [0.05, 0.1) is 38.7 Å². The van der Waals surface area contributed by atoms with Crippen LogP contribution < -0.4 is 9.47 Å². The average Bonchev–Trinajstić information content (AvgIpc) is 3.25. The number of hydrogen-bond donors (Lipinski definition) is 1. The van der Waals surface area contributed by atoms with Gasteiger partial charge in [-0.25, -0.2) is 4.98 Å². The van der Waals surface area contributed by atoms with E-state index in [4.69, 9.17) is 32.7 Å². The molecule has 0 amide bonds. The minimum atomic E-state index is -0.470. The molecule has 34 heavy (non-hydrogen) atoms. The van der Waals surface area contributed by atoms with Crippen LogP contribution in [0.4, 0.5) is 5.69 Å². The molecule has 0 aliphatic rings. The number of fused-ring (bicyclic) bond motifs is 1. The number of rotatable bonds is 7. The normalized spacial score (nSPS) is 11.3. The quantitative estimate of drug-likeness (QED) is 0.180. The van der Waals surface area contributed by atoms with E-state index < -0.39 is 4.92 Å². The summed E-state index contributed by atoms with van der Waals surface area (Å²) in [7, 11) is 1.58. The molecule has 0 unspecified atom stereocenters. The largest absolute Gasteiger partial charge is 0.497 e. The van der Waals surface area contributed by atoms with Crippen LogP contribution in [0.5, 0.6) is 11.5 Å². The molecule has 4 aromatic rings. The molecule has 0 saturated heterocycles. The van der Waals surface area contributed by atoms with Gasteiger partial charge in [-0.2, -0.15) is 5.26 Å². The maximum atomic E-state index is 10.8. The van der Waals surface area contributed by atoms with Gasteiger partial charge in [0, 0.05) is 18.2 Å². The Morgan fingerprint density at radius 3 is 2.50 bits per heavy atom. The van der Waals surface area contributed by atoms with Crippen molar-refractivity contribution in [3.05, 3.63) is 91.7 Å². The SMILES string of the molecule is COc1ccc2nc(C(C#N)=Cc3cc(Cl)c(OCc4ccc([N+](=O)[O-])cc4)c(Cl)c3)[nH]c2c1. The number of nitriles is 1. The lowest BCUT2D eigenvalue weighted by atomic mass is 10.1. The number of benzene rings is 3. The zero-order chi connectivity index (χ0) is 24.2. The first-order valence-electron chi connectivity index (χ1n) is 9.89. The van der Waals surface area contributed by atoms with Crippen molar-refractivity contribution in [2.24, 2.45) is 0 Å². The van der Waals surface area contributed by atoms with Crippen LogP contribution in [0.2, 0.25) is 10.0 Å². The Morgan fingerprint density at radius 1 is 1.18 bits per heavy atom. The number of allylic oxidation sites excluding steroid dienone is 1. The number of methoxy groups -OCH3 is 1. The second-order valence-electron chi connectivity index (χ2n) is 7.16. The number of non-ortho nitro benzene ring substituents is 1. The molecule has 0 atom stereocenters. The number of nitro groups is 1. The number of nitro benzene ring substituents is 1. The third-order valence-corrected chi connectivity index (χ3v) is 5.49. The van der Waals surface area contributed by atoms with Crippen molar-refractivity contribution < 1.29 is 14.4 Å². The molecule has 0 radical (unpaired) electrons. The van der Waals surface area contributed by atoms with E-state index in [1.807, 2.05) is 0 Å². The Labute approximate surface area is 204 Å². The Hall–Kier alpha value is -4.06. The predicted octanol–water partition coefficient (Wildman–Crippen LogP) is 6.43. The first-order chi connectivity index (χ1) is 16.4. The maximum Gasteiger partial charge on any atom is 0.269 e. The van der Waals surface area contributed by atoms with Crippen molar-refractivity contribution in [2.75, 3.05) is 7.11 Å². The van der Waals surface area contributed by atoms with Crippen molar-refractivity contribution >= 4 is 51.6 Å². The van der Waals surface area contributed by atoms with Crippen molar-refractivity contribution in [3.8, 4) is 17.6 Å². The molecule has 1 aromatic heterocycles. The molecule has 170 valence electrons. The molecule has 1 heterocycles. The first kappa shape index (κ1) is 23.1. The molecular weight excluding hydrogens is 479 g/mol. The summed E-state index contributed by atoms with van der Waals surface area (Å²) in [5.74, 6) is 1.35. The van der Waals surface area contributed by atoms with Crippen LogP contribution in [-0.4, -0.2) is 22.0 Å². The van der Waals surface area contributed by atoms with E-state index in [0.29, 0.717) is 28.2 Å². The van der Waals surface area contributed by atoms with Crippen molar-refractivity contribution in [1.29, 1.82) is 5.26 Å². The van der Waals surface area contributed by atoms with Crippen LogP contribution in [0.3, 0.4) is 0 Å². The van der Waals surface area contributed by atoms with Gasteiger partial charge in [0.2, 0.25) is 0 Å². The van der Waals surface area contributed by atoms with E-state index in [-0.39, 0.29) is 28.1 Å². The second kappa shape index (κ2) is 9.83. The minimum Gasteiger partial charge on any atom is -0.497 e. The summed E-state index contributed by atoms with van der Waals surface area (Å²) in [6.07, 6.45) is 1.62. The van der Waals surface area contributed by atoms with E-state index in [1.165, 1.54) is 12.1 Å². The second-order valence-corrected chi connectivity index (χ2v) is 7.98. The van der Waals surface area contributed by atoms with Crippen LogP contribution in [0.1, 0.15) is 17.0 Å². The van der Waals surface area contributed by atoms with Crippen LogP contribution in [-0.2, 0) is 6.61 Å². The van der Waals surface area contributed by atoms with Gasteiger partial charge in [-0.15, -0.1) is 0 Å². The Morgan fingerprint density at radius 2 is 1.88 bits per heavy atom. The van der Waals surface area contributed by atoms with Gasteiger partial charge in [0.1, 0.15) is 24.3 Å². The number of imidazole rings is 1. The zero-order valence-electron chi connectivity index (χ0n) is 17.7. The minimum absolute atomic E-state index is 0.00663. The molecule has 8 nitrogen and oxygen atoms in total. The monoisotopic (exact) mass is 494 g/mol. The lowest BCUT2D eigenvalue weighted by molar-refractivity contribution is -0.384. The fraction of sp³-hybridized carbons (Fsp3) is 0.0833. The molecular formula is C24H16Cl2N4O4. The molecule has 3 aromatic carbocycles. The third kappa shape index (κ3) is 4.96. The highest BCUT2D eigenvalue weighted by atomic mass is 35.5. The molecule has 0 aliphatic heterocycles. The highest BCUT2D eigenvalue weighted by Crippen LogP contribution is 2.36.